The molecule has 7 nitrogen and oxygen atoms in total. The van der Waals surface area contributed by atoms with Crippen LogP contribution in [0.5, 0.6) is 0 Å². The number of hydrogen-bond donors (Lipinski definition) is 1. The summed E-state index contributed by atoms with van der Waals surface area (Å²) in [5.41, 5.74) is 4.60. The number of benzene rings is 1. The molecular weight excluding hydrogens is 396 g/mol. The third-order valence-electron chi connectivity index (χ3n) is 4.71. The molecule has 4 rings (SSSR count). The number of nitrogens with zero attached hydrogens (tertiary/aromatic N) is 5. The van der Waals surface area contributed by atoms with Crippen molar-refractivity contribution in [2.75, 3.05) is 5.32 Å². The standard InChI is InChI=1S/C22H22N6OS/c1-13(2)16-5-7-17(8-6-16)21-25-26-22(30-21)24-20(29)18-9-10-19(23-12-18)28-15(4)11-14(3)27-28/h5-13H,1-4H3,(H,24,26,29). The molecule has 0 radical (unpaired) electrons. The van der Waals surface area contributed by atoms with Crippen molar-refractivity contribution in [1.82, 2.24) is 25.0 Å². The van der Waals surface area contributed by atoms with Crippen LogP contribution in [0.1, 0.15) is 47.1 Å². The van der Waals surface area contributed by atoms with E-state index in [4.69, 9.17) is 0 Å². The number of carbonyl (C=O) groups excluding carboxylic acids is 1. The van der Waals surface area contributed by atoms with Gasteiger partial charge in [0, 0.05) is 17.5 Å². The molecule has 0 bridgehead atoms. The maximum absolute atomic E-state index is 12.6. The van der Waals surface area contributed by atoms with E-state index in [2.05, 4.69) is 51.6 Å². The fourth-order valence-corrected chi connectivity index (χ4v) is 3.82. The van der Waals surface area contributed by atoms with Gasteiger partial charge in [0.25, 0.3) is 5.91 Å². The summed E-state index contributed by atoms with van der Waals surface area (Å²) in [5.74, 6) is 0.866. The van der Waals surface area contributed by atoms with Crippen LogP contribution in [0.25, 0.3) is 16.4 Å². The van der Waals surface area contributed by atoms with Gasteiger partial charge in [-0.3, -0.25) is 10.1 Å². The molecule has 4 aromatic rings. The first-order valence-electron chi connectivity index (χ1n) is 9.65. The molecule has 0 aliphatic heterocycles. The van der Waals surface area contributed by atoms with Crippen LogP contribution >= 0.6 is 11.3 Å². The van der Waals surface area contributed by atoms with Gasteiger partial charge in [0.1, 0.15) is 5.01 Å². The third-order valence-corrected chi connectivity index (χ3v) is 5.59. The van der Waals surface area contributed by atoms with Gasteiger partial charge in [-0.2, -0.15) is 5.10 Å². The molecule has 8 heteroatoms. The highest BCUT2D eigenvalue weighted by molar-refractivity contribution is 7.18. The molecule has 0 atom stereocenters. The zero-order valence-electron chi connectivity index (χ0n) is 17.2. The molecule has 1 N–H and O–H groups in total. The zero-order chi connectivity index (χ0) is 21.3. The van der Waals surface area contributed by atoms with Crippen LogP contribution in [-0.4, -0.2) is 30.9 Å². The van der Waals surface area contributed by atoms with E-state index in [0.717, 1.165) is 22.0 Å². The first kappa shape index (κ1) is 19.9. The van der Waals surface area contributed by atoms with Crippen LogP contribution in [0, 0.1) is 13.8 Å². The van der Waals surface area contributed by atoms with Crippen molar-refractivity contribution in [2.24, 2.45) is 0 Å². The fraction of sp³-hybridized carbons (Fsp3) is 0.227. The smallest absolute Gasteiger partial charge is 0.259 e. The van der Waals surface area contributed by atoms with Gasteiger partial charge < -0.3 is 0 Å². The normalized spacial score (nSPS) is 11.1. The lowest BCUT2D eigenvalue weighted by Crippen LogP contribution is -2.12. The fourth-order valence-electron chi connectivity index (χ4n) is 3.08. The Morgan fingerprint density at radius 1 is 1.07 bits per heavy atom. The van der Waals surface area contributed by atoms with Crippen LogP contribution in [0.4, 0.5) is 5.13 Å². The van der Waals surface area contributed by atoms with E-state index in [9.17, 15) is 4.79 Å². The molecule has 3 heterocycles. The summed E-state index contributed by atoms with van der Waals surface area (Å²) in [5, 5.41) is 16.7. The van der Waals surface area contributed by atoms with Crippen LogP contribution < -0.4 is 5.32 Å². The SMILES string of the molecule is Cc1cc(C)n(-c2ccc(C(=O)Nc3nnc(-c4ccc(C(C)C)cc4)s3)cn2)n1. The van der Waals surface area contributed by atoms with Crippen LogP contribution in [-0.2, 0) is 0 Å². The van der Waals surface area contributed by atoms with Gasteiger partial charge in [-0.15, -0.1) is 10.2 Å². The minimum atomic E-state index is -0.278. The predicted molar refractivity (Wildman–Crippen MR) is 118 cm³/mol. The van der Waals surface area contributed by atoms with E-state index < -0.39 is 0 Å². The lowest BCUT2D eigenvalue weighted by molar-refractivity contribution is 0.102. The van der Waals surface area contributed by atoms with Crippen LogP contribution in [0.2, 0.25) is 0 Å². The molecular formula is C22H22N6OS. The number of aryl methyl sites for hydroxylation is 2. The Hall–Kier alpha value is -3.39. The van der Waals surface area contributed by atoms with Gasteiger partial charge in [0.15, 0.2) is 5.82 Å². The molecule has 0 fully saturated rings. The zero-order valence-corrected chi connectivity index (χ0v) is 18.1. The molecule has 0 saturated heterocycles. The van der Waals surface area contributed by atoms with Crippen molar-refractivity contribution in [3.8, 4) is 16.4 Å². The molecule has 0 aliphatic rings. The summed E-state index contributed by atoms with van der Waals surface area (Å²) >= 11 is 1.34. The summed E-state index contributed by atoms with van der Waals surface area (Å²) < 4.78 is 1.75. The number of nitrogens with one attached hydrogen (secondary N) is 1. The van der Waals surface area contributed by atoms with Gasteiger partial charge in [-0.1, -0.05) is 49.4 Å². The summed E-state index contributed by atoms with van der Waals surface area (Å²) in [7, 11) is 0. The van der Waals surface area contributed by atoms with Crippen LogP contribution in [0.15, 0.2) is 48.7 Å². The summed E-state index contributed by atoms with van der Waals surface area (Å²) in [6.07, 6.45) is 1.54. The van der Waals surface area contributed by atoms with E-state index in [1.807, 2.05) is 32.0 Å². The van der Waals surface area contributed by atoms with Crippen molar-refractivity contribution in [3.63, 3.8) is 0 Å². The monoisotopic (exact) mass is 418 g/mol. The summed E-state index contributed by atoms with van der Waals surface area (Å²) in [4.78, 5) is 16.9. The first-order valence-corrected chi connectivity index (χ1v) is 10.5. The topological polar surface area (TPSA) is 85.6 Å². The minimum absolute atomic E-state index is 0.278. The number of carbonyl (C=O) groups is 1. The van der Waals surface area contributed by atoms with Gasteiger partial charge >= 0.3 is 0 Å². The van der Waals surface area contributed by atoms with Gasteiger partial charge in [0.05, 0.1) is 11.3 Å². The molecule has 0 unspecified atom stereocenters. The molecule has 1 aromatic carbocycles. The maximum Gasteiger partial charge on any atom is 0.259 e. The summed E-state index contributed by atoms with van der Waals surface area (Å²) in [6.45, 7) is 8.21. The van der Waals surface area contributed by atoms with E-state index in [-0.39, 0.29) is 5.91 Å². The van der Waals surface area contributed by atoms with Crippen molar-refractivity contribution in [1.29, 1.82) is 0 Å². The Labute approximate surface area is 178 Å². The average molecular weight is 419 g/mol. The maximum atomic E-state index is 12.6. The summed E-state index contributed by atoms with van der Waals surface area (Å²) in [6, 6.07) is 13.7. The van der Waals surface area contributed by atoms with Gasteiger partial charge in [-0.05, 0) is 43.5 Å². The Kier molecular flexibility index (Phi) is 5.41. The second kappa shape index (κ2) is 8.16. The average Bonchev–Trinajstić information content (AvgIpc) is 3.34. The van der Waals surface area contributed by atoms with Crippen molar-refractivity contribution in [3.05, 3.63) is 71.2 Å². The van der Waals surface area contributed by atoms with Crippen molar-refractivity contribution in [2.45, 2.75) is 33.6 Å². The molecule has 3 aromatic heterocycles. The number of rotatable bonds is 5. The first-order chi connectivity index (χ1) is 14.4. The number of aromatic nitrogens is 5. The van der Waals surface area contributed by atoms with Crippen molar-refractivity contribution >= 4 is 22.4 Å². The van der Waals surface area contributed by atoms with Crippen LogP contribution in [0.3, 0.4) is 0 Å². The molecule has 0 saturated carbocycles. The Morgan fingerprint density at radius 3 is 2.43 bits per heavy atom. The second-order valence-electron chi connectivity index (χ2n) is 7.39. The number of amides is 1. The number of hydrogen-bond acceptors (Lipinski definition) is 6. The molecule has 30 heavy (non-hydrogen) atoms. The quantitative estimate of drug-likeness (QED) is 0.504. The largest absolute Gasteiger partial charge is 0.296 e. The second-order valence-corrected chi connectivity index (χ2v) is 8.36. The Morgan fingerprint density at radius 2 is 1.83 bits per heavy atom. The van der Waals surface area contributed by atoms with E-state index in [1.54, 1.807) is 16.8 Å². The van der Waals surface area contributed by atoms with Gasteiger partial charge in [0.2, 0.25) is 5.13 Å². The molecule has 0 spiro atoms. The molecule has 0 aliphatic carbocycles. The highest BCUT2D eigenvalue weighted by Gasteiger charge is 2.13. The Balaban J connectivity index is 1.46. The Bertz CT molecular complexity index is 1180. The number of pyridine rings is 1. The van der Waals surface area contributed by atoms with E-state index in [0.29, 0.717) is 22.4 Å². The van der Waals surface area contributed by atoms with Gasteiger partial charge in [-0.25, -0.2) is 9.67 Å². The highest BCUT2D eigenvalue weighted by atomic mass is 32.1. The van der Waals surface area contributed by atoms with E-state index in [1.165, 1.54) is 23.1 Å². The lowest BCUT2D eigenvalue weighted by atomic mass is 10.0. The molecule has 152 valence electrons. The minimum Gasteiger partial charge on any atom is -0.296 e. The molecule has 1 amide bonds. The van der Waals surface area contributed by atoms with E-state index >= 15 is 0 Å². The van der Waals surface area contributed by atoms with Crippen molar-refractivity contribution < 1.29 is 4.79 Å². The highest BCUT2D eigenvalue weighted by Crippen LogP contribution is 2.28. The lowest BCUT2D eigenvalue weighted by Gasteiger charge is -2.05. The number of anilines is 1. The predicted octanol–water partition coefficient (Wildman–Crippen LogP) is 4.78. The third kappa shape index (κ3) is 4.13.